The molecule has 15 heavy (non-hydrogen) atoms. The molecule has 0 aliphatic rings. The maximum Gasteiger partial charge on any atom is 0.307 e. The summed E-state index contributed by atoms with van der Waals surface area (Å²) in [4.78, 5) is 13.6. The van der Waals surface area contributed by atoms with E-state index in [1.807, 2.05) is 0 Å². The third kappa shape index (κ3) is 3.11. The van der Waals surface area contributed by atoms with Gasteiger partial charge in [0.1, 0.15) is 11.2 Å². The van der Waals surface area contributed by atoms with Crippen molar-refractivity contribution in [1.82, 2.24) is 4.98 Å². The Morgan fingerprint density at radius 1 is 1.60 bits per heavy atom. The van der Waals surface area contributed by atoms with Gasteiger partial charge in [0.15, 0.2) is 0 Å². The lowest BCUT2D eigenvalue weighted by atomic mass is 10.2. The standard InChI is InChI=1S/C9H7ClN2O2S/c10-9-7(3-1-2-4-15)5-11-6-8(9)12(13)14/h5-6,15H,2,4H2. The molecule has 0 N–H and O–H groups in total. The molecule has 1 rings (SSSR count). The van der Waals surface area contributed by atoms with Crippen LogP contribution in [0.15, 0.2) is 12.4 Å². The number of rotatable bonds is 2. The highest BCUT2D eigenvalue weighted by Gasteiger charge is 2.14. The Hall–Kier alpha value is -1.25. The lowest BCUT2D eigenvalue weighted by Gasteiger charge is -1.96. The molecule has 0 bridgehead atoms. The van der Waals surface area contributed by atoms with Crippen LogP contribution in [0.1, 0.15) is 12.0 Å². The number of hydrogen-bond acceptors (Lipinski definition) is 4. The molecule has 6 heteroatoms. The number of hydrogen-bond donors (Lipinski definition) is 1. The summed E-state index contributed by atoms with van der Waals surface area (Å²) in [5.74, 6) is 6.13. The lowest BCUT2D eigenvalue weighted by molar-refractivity contribution is -0.385. The summed E-state index contributed by atoms with van der Waals surface area (Å²) in [5.41, 5.74) is 0.141. The van der Waals surface area contributed by atoms with Crippen LogP contribution in [0.5, 0.6) is 0 Å². The van der Waals surface area contributed by atoms with E-state index in [4.69, 9.17) is 11.6 Å². The van der Waals surface area contributed by atoms with Gasteiger partial charge in [-0.05, 0) is 0 Å². The molecule has 0 saturated heterocycles. The van der Waals surface area contributed by atoms with Crippen LogP contribution in [-0.2, 0) is 0 Å². The van der Waals surface area contributed by atoms with E-state index in [9.17, 15) is 10.1 Å². The first-order chi connectivity index (χ1) is 7.16. The first kappa shape index (κ1) is 11.8. The minimum atomic E-state index is -0.584. The summed E-state index contributed by atoms with van der Waals surface area (Å²) < 4.78 is 0. The van der Waals surface area contributed by atoms with Crippen LogP contribution < -0.4 is 0 Å². The fourth-order valence-electron chi connectivity index (χ4n) is 0.862. The molecule has 1 aromatic rings. The first-order valence-corrected chi connectivity index (χ1v) is 5.05. The number of halogens is 1. The highest BCUT2D eigenvalue weighted by Crippen LogP contribution is 2.25. The van der Waals surface area contributed by atoms with Crippen molar-refractivity contribution >= 4 is 29.9 Å². The van der Waals surface area contributed by atoms with E-state index in [0.29, 0.717) is 17.7 Å². The van der Waals surface area contributed by atoms with Crippen molar-refractivity contribution < 1.29 is 4.92 Å². The summed E-state index contributed by atoms with van der Waals surface area (Å²) in [5, 5.41) is 10.6. The summed E-state index contributed by atoms with van der Waals surface area (Å²) in [6.45, 7) is 0. The quantitative estimate of drug-likeness (QED) is 0.375. The third-order valence-electron chi connectivity index (χ3n) is 1.52. The number of pyridine rings is 1. The fourth-order valence-corrected chi connectivity index (χ4v) is 1.19. The predicted octanol–water partition coefficient (Wildman–Crippen LogP) is 2.31. The van der Waals surface area contributed by atoms with Crippen LogP contribution >= 0.6 is 24.2 Å². The Balaban J connectivity index is 3.06. The van der Waals surface area contributed by atoms with Gasteiger partial charge in [-0.3, -0.25) is 15.1 Å². The fraction of sp³-hybridized carbons (Fsp3) is 0.222. The monoisotopic (exact) mass is 242 g/mol. The molecule has 0 spiro atoms. The molecule has 0 aliphatic carbocycles. The van der Waals surface area contributed by atoms with Gasteiger partial charge in [-0.2, -0.15) is 12.6 Å². The average Bonchev–Trinajstić information content (AvgIpc) is 2.20. The minimum absolute atomic E-state index is 0.0293. The van der Waals surface area contributed by atoms with Gasteiger partial charge in [0.2, 0.25) is 0 Å². The van der Waals surface area contributed by atoms with E-state index < -0.39 is 4.92 Å². The first-order valence-electron chi connectivity index (χ1n) is 4.04. The number of nitro groups is 1. The van der Waals surface area contributed by atoms with Crippen LogP contribution in [-0.4, -0.2) is 15.7 Å². The zero-order valence-corrected chi connectivity index (χ0v) is 9.26. The second-order valence-corrected chi connectivity index (χ2v) is 3.38. The van der Waals surface area contributed by atoms with E-state index >= 15 is 0 Å². The molecule has 78 valence electrons. The van der Waals surface area contributed by atoms with Crippen molar-refractivity contribution in [3.8, 4) is 11.8 Å². The molecule has 0 radical (unpaired) electrons. The third-order valence-corrected chi connectivity index (χ3v) is 2.14. The molecule has 0 amide bonds. The van der Waals surface area contributed by atoms with Gasteiger partial charge < -0.3 is 0 Å². The Bertz CT molecular complexity index is 439. The van der Waals surface area contributed by atoms with Gasteiger partial charge in [-0.25, -0.2) is 0 Å². The van der Waals surface area contributed by atoms with Gasteiger partial charge in [0.25, 0.3) is 0 Å². The highest BCUT2D eigenvalue weighted by molar-refractivity contribution is 7.80. The van der Waals surface area contributed by atoms with Gasteiger partial charge in [-0.15, -0.1) is 0 Å². The molecule has 0 fully saturated rings. The van der Waals surface area contributed by atoms with Crippen molar-refractivity contribution in [2.24, 2.45) is 0 Å². The molecular formula is C9H7ClN2O2S. The molecule has 4 nitrogen and oxygen atoms in total. The van der Waals surface area contributed by atoms with Crippen LogP contribution in [0.3, 0.4) is 0 Å². The topological polar surface area (TPSA) is 56.0 Å². The Kier molecular flexibility index (Phi) is 4.40. The van der Waals surface area contributed by atoms with E-state index in [0.717, 1.165) is 6.20 Å². The van der Waals surface area contributed by atoms with Crippen molar-refractivity contribution in [2.75, 3.05) is 5.75 Å². The summed E-state index contributed by atoms with van der Waals surface area (Å²) in [7, 11) is 0. The SMILES string of the molecule is O=[N+]([O-])c1cncc(C#CCCS)c1Cl. The highest BCUT2D eigenvalue weighted by atomic mass is 35.5. The molecule has 0 atom stereocenters. The molecular weight excluding hydrogens is 236 g/mol. The van der Waals surface area contributed by atoms with Crippen LogP contribution in [0.2, 0.25) is 5.02 Å². The van der Waals surface area contributed by atoms with Crippen molar-refractivity contribution in [2.45, 2.75) is 6.42 Å². The largest absolute Gasteiger partial charge is 0.307 e. The minimum Gasteiger partial charge on any atom is -0.258 e. The van der Waals surface area contributed by atoms with Crippen molar-refractivity contribution in [3.05, 3.63) is 33.1 Å². The second-order valence-electron chi connectivity index (χ2n) is 2.55. The molecule has 1 aromatic heterocycles. The average molecular weight is 243 g/mol. The van der Waals surface area contributed by atoms with E-state index in [2.05, 4.69) is 29.5 Å². The maximum absolute atomic E-state index is 10.5. The van der Waals surface area contributed by atoms with Crippen molar-refractivity contribution in [3.63, 3.8) is 0 Å². The zero-order chi connectivity index (χ0) is 11.3. The van der Waals surface area contributed by atoms with Gasteiger partial charge in [0, 0.05) is 18.4 Å². The van der Waals surface area contributed by atoms with E-state index in [1.54, 1.807) is 0 Å². The number of nitrogens with zero attached hydrogens (tertiary/aromatic N) is 2. The smallest absolute Gasteiger partial charge is 0.258 e. The summed E-state index contributed by atoms with van der Waals surface area (Å²) in [6, 6.07) is 0. The second kappa shape index (κ2) is 5.59. The van der Waals surface area contributed by atoms with Crippen LogP contribution in [0, 0.1) is 22.0 Å². The van der Waals surface area contributed by atoms with Crippen molar-refractivity contribution in [1.29, 1.82) is 0 Å². The van der Waals surface area contributed by atoms with E-state index in [-0.39, 0.29) is 10.7 Å². The van der Waals surface area contributed by atoms with Gasteiger partial charge >= 0.3 is 5.69 Å². The Morgan fingerprint density at radius 3 is 2.93 bits per heavy atom. The summed E-state index contributed by atoms with van der Waals surface area (Å²) >= 11 is 9.77. The Morgan fingerprint density at radius 2 is 2.33 bits per heavy atom. The predicted molar refractivity (Wildman–Crippen MR) is 61.2 cm³/mol. The Labute approximate surface area is 97.2 Å². The molecule has 0 aromatic carbocycles. The molecule has 0 unspecified atom stereocenters. The van der Waals surface area contributed by atoms with E-state index in [1.165, 1.54) is 6.20 Å². The number of thiol groups is 1. The number of aromatic nitrogens is 1. The molecule has 1 heterocycles. The van der Waals surface area contributed by atoms with Gasteiger partial charge in [-0.1, -0.05) is 23.4 Å². The summed E-state index contributed by atoms with van der Waals surface area (Å²) in [6.07, 6.45) is 3.11. The van der Waals surface area contributed by atoms with Crippen LogP contribution in [0.4, 0.5) is 5.69 Å². The molecule has 0 saturated carbocycles. The molecule has 0 aliphatic heterocycles. The zero-order valence-electron chi connectivity index (χ0n) is 7.61. The van der Waals surface area contributed by atoms with Crippen LogP contribution in [0.25, 0.3) is 0 Å². The normalized spacial score (nSPS) is 9.20. The van der Waals surface area contributed by atoms with Gasteiger partial charge in [0.05, 0.1) is 10.5 Å². The maximum atomic E-state index is 10.5. The lowest BCUT2D eigenvalue weighted by Crippen LogP contribution is -1.92.